The smallest absolute Gasteiger partial charge is 0.231 e. The van der Waals surface area contributed by atoms with Gasteiger partial charge in [0.05, 0.1) is 0 Å². The molecular weight excluding hydrogens is 296 g/mol. The predicted octanol–water partition coefficient (Wildman–Crippen LogP) is 2.64. The fourth-order valence-electron chi connectivity index (χ4n) is 2.28. The highest BCUT2D eigenvalue weighted by Crippen LogP contribution is 2.34. The topological polar surface area (TPSA) is 67.9 Å². The Balaban J connectivity index is 1.82. The van der Waals surface area contributed by atoms with E-state index in [9.17, 15) is 9.59 Å². The number of benzene rings is 1. The second-order valence-electron chi connectivity index (χ2n) is 6.05. The summed E-state index contributed by atoms with van der Waals surface area (Å²) in [6.07, 6.45) is 1.20. The zero-order valence-corrected chi connectivity index (χ0v) is 13.9. The number of hydrogen-bond acceptors (Lipinski definition) is 4. The van der Waals surface area contributed by atoms with Crippen LogP contribution in [0.3, 0.4) is 0 Å². The lowest BCUT2D eigenvalue weighted by atomic mass is 10.1. The molecule has 126 valence electrons. The number of ether oxygens (including phenoxy) is 2. The summed E-state index contributed by atoms with van der Waals surface area (Å²) in [6, 6.07) is 5.27. The van der Waals surface area contributed by atoms with Gasteiger partial charge in [-0.15, -0.1) is 0 Å². The zero-order chi connectivity index (χ0) is 16.8. The summed E-state index contributed by atoms with van der Waals surface area (Å²) in [5.74, 6) is 1.71. The first-order valence-electron chi connectivity index (χ1n) is 7.90. The number of carbonyl (C=O) groups is 2. The second kappa shape index (κ2) is 7.85. The van der Waals surface area contributed by atoms with E-state index in [0.29, 0.717) is 36.2 Å². The molecule has 0 aliphatic carbocycles. The molecule has 0 radical (unpaired) electrons. The highest BCUT2D eigenvalue weighted by atomic mass is 16.7. The van der Waals surface area contributed by atoms with Crippen molar-refractivity contribution in [1.82, 2.24) is 4.90 Å². The maximum Gasteiger partial charge on any atom is 0.231 e. The Morgan fingerprint density at radius 2 is 1.96 bits per heavy atom. The molecule has 0 spiro atoms. The summed E-state index contributed by atoms with van der Waals surface area (Å²) in [6.45, 7) is 7.09. The first-order valence-corrected chi connectivity index (χ1v) is 7.90. The second-order valence-corrected chi connectivity index (χ2v) is 6.05. The lowest BCUT2D eigenvalue weighted by Crippen LogP contribution is -2.33. The minimum atomic E-state index is -0.125. The Morgan fingerprint density at radius 3 is 2.65 bits per heavy atom. The van der Waals surface area contributed by atoms with Crippen LogP contribution in [0.2, 0.25) is 0 Å². The Hall–Kier alpha value is -2.24. The van der Waals surface area contributed by atoms with E-state index in [1.54, 1.807) is 23.1 Å². The number of rotatable bonds is 7. The molecule has 1 aromatic rings. The van der Waals surface area contributed by atoms with Gasteiger partial charge in [0.2, 0.25) is 18.6 Å². The summed E-state index contributed by atoms with van der Waals surface area (Å²) >= 11 is 0. The van der Waals surface area contributed by atoms with Crippen LogP contribution in [0.15, 0.2) is 18.2 Å². The monoisotopic (exact) mass is 320 g/mol. The number of amides is 2. The van der Waals surface area contributed by atoms with Crippen molar-refractivity contribution in [2.24, 2.45) is 5.92 Å². The van der Waals surface area contributed by atoms with Gasteiger partial charge in [0.15, 0.2) is 11.5 Å². The van der Waals surface area contributed by atoms with Crippen molar-refractivity contribution in [2.75, 3.05) is 25.2 Å². The highest BCUT2D eigenvalue weighted by Gasteiger charge is 2.15. The van der Waals surface area contributed by atoms with Gasteiger partial charge < -0.3 is 19.7 Å². The maximum atomic E-state index is 12.1. The normalized spacial score (nSPS) is 12.3. The van der Waals surface area contributed by atoms with Crippen molar-refractivity contribution in [2.45, 2.75) is 33.6 Å². The Labute approximate surface area is 136 Å². The molecule has 0 aromatic heterocycles. The molecule has 6 heteroatoms. The predicted molar refractivity (Wildman–Crippen MR) is 87.5 cm³/mol. The van der Waals surface area contributed by atoms with Gasteiger partial charge in [-0.25, -0.2) is 0 Å². The lowest BCUT2D eigenvalue weighted by molar-refractivity contribution is -0.129. The maximum absolute atomic E-state index is 12.1. The van der Waals surface area contributed by atoms with E-state index in [1.165, 1.54) is 6.92 Å². The standard InChI is InChI=1S/C17H24N2O4/c1-12(2)6-8-19(13(3)20)9-7-17(21)18-14-4-5-15-16(10-14)23-11-22-15/h4-5,10,12H,6-9,11H2,1-3H3,(H,18,21). The summed E-state index contributed by atoms with van der Waals surface area (Å²) in [5, 5.41) is 2.82. The van der Waals surface area contributed by atoms with Crippen LogP contribution in [0.5, 0.6) is 11.5 Å². The van der Waals surface area contributed by atoms with Crippen LogP contribution in [0.25, 0.3) is 0 Å². The van der Waals surface area contributed by atoms with Gasteiger partial charge in [-0.2, -0.15) is 0 Å². The molecule has 6 nitrogen and oxygen atoms in total. The van der Waals surface area contributed by atoms with E-state index < -0.39 is 0 Å². The minimum Gasteiger partial charge on any atom is -0.454 e. The van der Waals surface area contributed by atoms with Crippen LogP contribution >= 0.6 is 0 Å². The molecule has 0 saturated carbocycles. The number of hydrogen-bond donors (Lipinski definition) is 1. The van der Waals surface area contributed by atoms with Crippen LogP contribution in [0.1, 0.15) is 33.6 Å². The van der Waals surface area contributed by atoms with E-state index in [-0.39, 0.29) is 25.0 Å². The number of anilines is 1. The summed E-state index contributed by atoms with van der Waals surface area (Å²) in [7, 11) is 0. The van der Waals surface area contributed by atoms with Crippen molar-refractivity contribution < 1.29 is 19.1 Å². The molecule has 1 aliphatic heterocycles. The first-order chi connectivity index (χ1) is 11.0. The Bertz CT molecular complexity index is 572. The molecule has 0 unspecified atom stereocenters. The van der Waals surface area contributed by atoms with Crippen LogP contribution in [-0.2, 0) is 9.59 Å². The van der Waals surface area contributed by atoms with E-state index in [0.717, 1.165) is 6.42 Å². The van der Waals surface area contributed by atoms with Crippen molar-refractivity contribution in [3.05, 3.63) is 18.2 Å². The minimum absolute atomic E-state index is 0.00142. The molecule has 1 aromatic carbocycles. The van der Waals surface area contributed by atoms with Gasteiger partial charge in [0.25, 0.3) is 0 Å². The molecule has 1 heterocycles. The van der Waals surface area contributed by atoms with E-state index in [1.807, 2.05) is 0 Å². The van der Waals surface area contributed by atoms with Crippen molar-refractivity contribution in [3.63, 3.8) is 0 Å². The Kier molecular flexibility index (Phi) is 5.84. The third kappa shape index (κ3) is 5.16. The summed E-state index contributed by atoms with van der Waals surface area (Å²) in [4.78, 5) is 25.4. The molecule has 1 aliphatic rings. The Morgan fingerprint density at radius 1 is 1.22 bits per heavy atom. The molecular formula is C17H24N2O4. The summed E-state index contributed by atoms with van der Waals surface area (Å²) in [5.41, 5.74) is 0.663. The highest BCUT2D eigenvalue weighted by molar-refractivity contribution is 5.91. The summed E-state index contributed by atoms with van der Waals surface area (Å²) < 4.78 is 10.5. The lowest BCUT2D eigenvalue weighted by Gasteiger charge is -2.21. The van der Waals surface area contributed by atoms with Crippen LogP contribution in [0.4, 0.5) is 5.69 Å². The number of nitrogens with zero attached hydrogens (tertiary/aromatic N) is 1. The molecule has 2 rings (SSSR count). The molecule has 2 amide bonds. The zero-order valence-electron chi connectivity index (χ0n) is 13.9. The van der Waals surface area contributed by atoms with E-state index in [4.69, 9.17) is 9.47 Å². The van der Waals surface area contributed by atoms with Gasteiger partial charge >= 0.3 is 0 Å². The largest absolute Gasteiger partial charge is 0.454 e. The van der Waals surface area contributed by atoms with Gasteiger partial charge in [-0.3, -0.25) is 9.59 Å². The van der Waals surface area contributed by atoms with Crippen LogP contribution in [-0.4, -0.2) is 36.6 Å². The molecule has 0 fully saturated rings. The van der Waals surface area contributed by atoms with Gasteiger partial charge in [0, 0.05) is 38.2 Å². The molecule has 23 heavy (non-hydrogen) atoms. The third-order valence-corrected chi connectivity index (χ3v) is 3.69. The fraction of sp³-hybridized carbons (Fsp3) is 0.529. The van der Waals surface area contributed by atoms with Crippen molar-refractivity contribution in [1.29, 1.82) is 0 Å². The SMILES string of the molecule is CC(=O)N(CCC(=O)Nc1ccc2c(c1)OCO2)CCC(C)C. The number of nitrogens with one attached hydrogen (secondary N) is 1. The van der Waals surface area contributed by atoms with E-state index >= 15 is 0 Å². The average molecular weight is 320 g/mol. The van der Waals surface area contributed by atoms with Crippen molar-refractivity contribution in [3.8, 4) is 11.5 Å². The van der Waals surface area contributed by atoms with Crippen molar-refractivity contribution >= 4 is 17.5 Å². The molecule has 0 atom stereocenters. The number of carbonyl (C=O) groups excluding carboxylic acids is 2. The van der Waals surface area contributed by atoms with Crippen LogP contribution in [0, 0.1) is 5.92 Å². The quantitative estimate of drug-likeness (QED) is 0.838. The number of fused-ring (bicyclic) bond motifs is 1. The molecule has 0 saturated heterocycles. The first kappa shape index (κ1) is 17.1. The molecule has 0 bridgehead atoms. The van der Waals surface area contributed by atoms with Gasteiger partial charge in [0.1, 0.15) is 0 Å². The van der Waals surface area contributed by atoms with Gasteiger partial charge in [-0.1, -0.05) is 13.8 Å². The van der Waals surface area contributed by atoms with E-state index in [2.05, 4.69) is 19.2 Å². The van der Waals surface area contributed by atoms with Crippen LogP contribution < -0.4 is 14.8 Å². The average Bonchev–Trinajstić information content (AvgIpc) is 2.94. The third-order valence-electron chi connectivity index (χ3n) is 3.69. The fourth-order valence-corrected chi connectivity index (χ4v) is 2.28. The molecule has 1 N–H and O–H groups in total. The van der Waals surface area contributed by atoms with Gasteiger partial charge in [-0.05, 0) is 24.5 Å².